The van der Waals surface area contributed by atoms with Crippen molar-refractivity contribution in [2.24, 2.45) is 0 Å². The molecule has 1 aliphatic heterocycles. The molecule has 1 atom stereocenters. The largest absolute Gasteiger partial charge is 0.467 e. The molecule has 2 heterocycles. The summed E-state index contributed by atoms with van der Waals surface area (Å²) < 4.78 is 10.8. The van der Waals surface area contributed by atoms with Crippen LogP contribution in [0.3, 0.4) is 0 Å². The van der Waals surface area contributed by atoms with Crippen molar-refractivity contribution >= 4 is 0 Å². The van der Waals surface area contributed by atoms with Gasteiger partial charge in [0.25, 0.3) is 0 Å². The van der Waals surface area contributed by atoms with Crippen molar-refractivity contribution in [3.8, 4) is 0 Å². The van der Waals surface area contributed by atoms with Crippen molar-refractivity contribution in [1.29, 1.82) is 0 Å². The maximum Gasteiger partial charge on any atom is 0.133 e. The third-order valence-corrected chi connectivity index (χ3v) is 3.63. The van der Waals surface area contributed by atoms with Crippen LogP contribution in [0.1, 0.15) is 25.7 Å². The Bertz CT molecular complexity index is 359. The second-order valence-electron chi connectivity index (χ2n) is 5.59. The van der Waals surface area contributed by atoms with E-state index in [1.165, 1.54) is 0 Å². The minimum atomic E-state index is -0.527. The third-order valence-electron chi connectivity index (χ3n) is 3.63. The van der Waals surface area contributed by atoms with E-state index in [-0.39, 0.29) is 0 Å². The van der Waals surface area contributed by atoms with Crippen molar-refractivity contribution in [1.82, 2.24) is 9.80 Å². The minimum absolute atomic E-state index is 0.305. The molecule has 1 aromatic rings. The molecule has 1 N–H and O–H groups in total. The molecule has 1 unspecified atom stereocenters. The number of nitrogens with zero attached hydrogens (tertiary/aromatic N) is 2. The monoisotopic (exact) mass is 282 g/mol. The average Bonchev–Trinajstić information content (AvgIpc) is 2.94. The van der Waals surface area contributed by atoms with Gasteiger partial charge in [-0.15, -0.1) is 0 Å². The number of ether oxygens (including phenoxy) is 1. The summed E-state index contributed by atoms with van der Waals surface area (Å²) in [4.78, 5) is 4.70. The summed E-state index contributed by atoms with van der Waals surface area (Å²) in [7, 11) is 0. The molecule has 0 aromatic carbocycles. The lowest BCUT2D eigenvalue weighted by atomic mass is 10.2. The van der Waals surface area contributed by atoms with Gasteiger partial charge in [0, 0.05) is 39.3 Å². The first-order valence-corrected chi connectivity index (χ1v) is 7.43. The zero-order chi connectivity index (χ0) is 14.4. The van der Waals surface area contributed by atoms with E-state index in [0.717, 1.165) is 39.3 Å². The predicted molar refractivity (Wildman–Crippen MR) is 77.6 cm³/mol. The summed E-state index contributed by atoms with van der Waals surface area (Å²) in [6.07, 6.45) is 1.38. The fraction of sp³-hybridized carbons (Fsp3) is 0.733. The first-order chi connectivity index (χ1) is 9.65. The zero-order valence-corrected chi connectivity index (χ0v) is 12.5. The van der Waals surface area contributed by atoms with Gasteiger partial charge in [-0.25, -0.2) is 0 Å². The summed E-state index contributed by atoms with van der Waals surface area (Å²) >= 11 is 0. The topological polar surface area (TPSA) is 49.1 Å². The van der Waals surface area contributed by atoms with Crippen LogP contribution in [-0.2, 0) is 4.74 Å². The highest BCUT2D eigenvalue weighted by Crippen LogP contribution is 2.15. The number of β-amino-alcohol motifs (C(OH)–C–C–N with tert-alkyl or cyclic N) is 1. The number of aliphatic hydroxyl groups excluding tert-OH is 1. The molecular formula is C15H26N2O3. The van der Waals surface area contributed by atoms with Crippen molar-refractivity contribution in [2.45, 2.75) is 26.1 Å². The number of hydrogen-bond donors (Lipinski definition) is 1. The standard InChI is InChI=1S/C15H26N2O3/c1-13(2)19-11-9-16-5-7-17(8-6-16)12-14(18)15-4-3-10-20-15/h3-4,10,13-14,18H,5-9,11-12H2,1-2H3. The Kier molecular flexibility index (Phi) is 6.04. The van der Waals surface area contributed by atoms with Gasteiger partial charge >= 0.3 is 0 Å². The van der Waals surface area contributed by atoms with Crippen LogP contribution in [0.5, 0.6) is 0 Å². The number of aliphatic hydroxyl groups is 1. The van der Waals surface area contributed by atoms with E-state index in [1.54, 1.807) is 6.26 Å². The molecule has 1 aromatic heterocycles. The molecule has 0 bridgehead atoms. The molecule has 20 heavy (non-hydrogen) atoms. The smallest absolute Gasteiger partial charge is 0.133 e. The fourth-order valence-electron chi connectivity index (χ4n) is 2.43. The van der Waals surface area contributed by atoms with Crippen molar-refractivity contribution in [3.63, 3.8) is 0 Å². The number of furan rings is 1. The summed E-state index contributed by atoms with van der Waals surface area (Å²) in [5, 5.41) is 10.1. The summed E-state index contributed by atoms with van der Waals surface area (Å²) in [6.45, 7) is 10.6. The third kappa shape index (κ3) is 4.90. The second kappa shape index (κ2) is 7.78. The van der Waals surface area contributed by atoms with E-state index >= 15 is 0 Å². The number of rotatable bonds is 7. The summed E-state index contributed by atoms with van der Waals surface area (Å²) in [5.74, 6) is 0.651. The highest BCUT2D eigenvalue weighted by atomic mass is 16.5. The van der Waals surface area contributed by atoms with Gasteiger partial charge in [-0.3, -0.25) is 9.80 Å². The highest BCUT2D eigenvalue weighted by Gasteiger charge is 2.20. The van der Waals surface area contributed by atoms with Gasteiger partial charge in [-0.2, -0.15) is 0 Å². The maximum atomic E-state index is 10.1. The molecule has 1 fully saturated rings. The van der Waals surface area contributed by atoms with E-state index in [9.17, 15) is 5.11 Å². The Balaban J connectivity index is 1.64. The van der Waals surface area contributed by atoms with E-state index in [0.29, 0.717) is 18.4 Å². The van der Waals surface area contributed by atoms with Crippen LogP contribution in [0.15, 0.2) is 22.8 Å². The van der Waals surface area contributed by atoms with Gasteiger partial charge in [-0.1, -0.05) is 0 Å². The lowest BCUT2D eigenvalue weighted by Crippen LogP contribution is -2.48. The van der Waals surface area contributed by atoms with Crippen LogP contribution in [0, 0.1) is 0 Å². The lowest BCUT2D eigenvalue weighted by Gasteiger charge is -2.35. The average molecular weight is 282 g/mol. The molecule has 0 spiro atoms. The van der Waals surface area contributed by atoms with Crippen LogP contribution in [0.2, 0.25) is 0 Å². The van der Waals surface area contributed by atoms with Gasteiger partial charge in [0.2, 0.25) is 0 Å². The highest BCUT2D eigenvalue weighted by molar-refractivity contribution is 5.02. The van der Waals surface area contributed by atoms with Crippen molar-refractivity contribution in [3.05, 3.63) is 24.2 Å². The normalized spacial score (nSPS) is 19.6. The number of piperazine rings is 1. The molecule has 1 saturated heterocycles. The van der Waals surface area contributed by atoms with E-state index < -0.39 is 6.10 Å². The molecule has 0 aliphatic carbocycles. The van der Waals surface area contributed by atoms with Crippen LogP contribution in [0.25, 0.3) is 0 Å². The zero-order valence-electron chi connectivity index (χ0n) is 12.5. The van der Waals surface area contributed by atoms with Crippen LogP contribution < -0.4 is 0 Å². The molecule has 0 amide bonds. The number of hydrogen-bond acceptors (Lipinski definition) is 5. The Morgan fingerprint density at radius 2 is 1.95 bits per heavy atom. The molecular weight excluding hydrogens is 256 g/mol. The molecule has 5 nitrogen and oxygen atoms in total. The Morgan fingerprint density at radius 1 is 1.25 bits per heavy atom. The van der Waals surface area contributed by atoms with Gasteiger partial charge in [0.05, 0.1) is 19.0 Å². The lowest BCUT2D eigenvalue weighted by molar-refractivity contribution is 0.0318. The first-order valence-electron chi connectivity index (χ1n) is 7.43. The van der Waals surface area contributed by atoms with Crippen molar-refractivity contribution < 1.29 is 14.3 Å². The van der Waals surface area contributed by atoms with Crippen LogP contribution >= 0.6 is 0 Å². The maximum absolute atomic E-state index is 10.1. The molecule has 5 heteroatoms. The Hall–Kier alpha value is -0.880. The summed E-state index contributed by atoms with van der Waals surface area (Å²) in [5.41, 5.74) is 0. The minimum Gasteiger partial charge on any atom is -0.467 e. The van der Waals surface area contributed by atoms with Gasteiger partial charge in [0.1, 0.15) is 11.9 Å². The van der Waals surface area contributed by atoms with Crippen LogP contribution in [-0.4, -0.2) is 66.9 Å². The molecule has 114 valence electrons. The Morgan fingerprint density at radius 3 is 2.55 bits per heavy atom. The van der Waals surface area contributed by atoms with E-state index in [2.05, 4.69) is 23.6 Å². The molecule has 0 saturated carbocycles. The van der Waals surface area contributed by atoms with Gasteiger partial charge in [-0.05, 0) is 26.0 Å². The fourth-order valence-corrected chi connectivity index (χ4v) is 2.43. The predicted octanol–water partition coefficient (Wildman–Crippen LogP) is 1.36. The quantitative estimate of drug-likeness (QED) is 0.818. The van der Waals surface area contributed by atoms with E-state index in [4.69, 9.17) is 9.15 Å². The van der Waals surface area contributed by atoms with Crippen LogP contribution in [0.4, 0.5) is 0 Å². The second-order valence-corrected chi connectivity index (χ2v) is 5.59. The molecule has 1 aliphatic rings. The SMILES string of the molecule is CC(C)OCCN1CCN(CC(O)c2ccco2)CC1. The van der Waals surface area contributed by atoms with E-state index in [1.807, 2.05) is 12.1 Å². The Labute approximate surface area is 121 Å². The molecule has 0 radical (unpaired) electrons. The van der Waals surface area contributed by atoms with Gasteiger partial charge < -0.3 is 14.3 Å². The van der Waals surface area contributed by atoms with Gasteiger partial charge in [0.15, 0.2) is 0 Å². The van der Waals surface area contributed by atoms with Crippen molar-refractivity contribution in [2.75, 3.05) is 45.9 Å². The first kappa shape index (κ1) is 15.5. The summed E-state index contributed by atoms with van der Waals surface area (Å²) in [6, 6.07) is 3.63. The molecule has 2 rings (SSSR count).